The molecular weight excluding hydrogens is 426 g/mol. The molecule has 1 aliphatic rings. The van der Waals surface area contributed by atoms with Crippen molar-refractivity contribution in [2.45, 2.75) is 46.6 Å². The summed E-state index contributed by atoms with van der Waals surface area (Å²) in [6.07, 6.45) is 1.89. The number of carbonyl (C=O) groups is 1. The number of para-hydroxylation sites is 1. The number of benzene rings is 1. The number of rotatable bonds is 6. The number of aromatic hydroxyl groups is 1. The number of aryl methyl sites for hydroxylation is 1. The third kappa shape index (κ3) is 4.59. The van der Waals surface area contributed by atoms with Gasteiger partial charge < -0.3 is 29.6 Å². The smallest absolute Gasteiger partial charge is 0.324 e. The molecule has 1 saturated heterocycles. The molecule has 10 heteroatoms. The van der Waals surface area contributed by atoms with Crippen LogP contribution in [-0.4, -0.2) is 34.2 Å². The number of phenols is 1. The van der Waals surface area contributed by atoms with E-state index in [1.807, 2.05) is 39.8 Å². The third-order valence-corrected chi connectivity index (χ3v) is 5.72. The number of nitrogens with zero attached hydrogens (tertiary/aromatic N) is 3. The zero-order valence-corrected chi connectivity index (χ0v) is 19.2. The van der Waals surface area contributed by atoms with Gasteiger partial charge in [-0.2, -0.15) is 0 Å². The van der Waals surface area contributed by atoms with Gasteiger partial charge in [0.2, 0.25) is 0 Å². The van der Waals surface area contributed by atoms with Crippen molar-refractivity contribution in [2.75, 3.05) is 23.7 Å². The van der Waals surface area contributed by atoms with Gasteiger partial charge in [-0.1, -0.05) is 31.7 Å². The maximum absolute atomic E-state index is 12.8. The highest BCUT2D eigenvalue weighted by atomic mass is 16.8. The SMILES string of the molecule is Cc1ccc([C@H](Nc2no[n+]([O-])c2Nc2cccc(C(=O)N3CCCC3)c2O)C(C)(C)C)o1. The Morgan fingerprint density at radius 2 is 1.97 bits per heavy atom. The summed E-state index contributed by atoms with van der Waals surface area (Å²) in [5.74, 6) is 1.07. The monoisotopic (exact) mass is 455 g/mol. The fourth-order valence-corrected chi connectivity index (χ4v) is 3.94. The van der Waals surface area contributed by atoms with E-state index in [0.717, 1.165) is 18.6 Å². The first-order valence-corrected chi connectivity index (χ1v) is 11.0. The lowest BCUT2D eigenvalue weighted by molar-refractivity contribution is -0.790. The van der Waals surface area contributed by atoms with Gasteiger partial charge in [-0.3, -0.25) is 10.1 Å². The zero-order chi connectivity index (χ0) is 23.8. The van der Waals surface area contributed by atoms with Crippen molar-refractivity contribution >= 4 is 23.2 Å². The molecule has 0 spiro atoms. The van der Waals surface area contributed by atoms with Crippen molar-refractivity contribution in [2.24, 2.45) is 5.41 Å². The molecular formula is C23H29N5O5. The number of likely N-dealkylation sites (tertiary alicyclic amines) is 1. The Kier molecular flexibility index (Phi) is 5.92. The fourth-order valence-electron chi connectivity index (χ4n) is 3.94. The van der Waals surface area contributed by atoms with E-state index in [0.29, 0.717) is 18.8 Å². The Morgan fingerprint density at radius 3 is 2.61 bits per heavy atom. The van der Waals surface area contributed by atoms with Crippen LogP contribution in [0, 0.1) is 17.5 Å². The molecule has 0 saturated carbocycles. The van der Waals surface area contributed by atoms with Gasteiger partial charge >= 0.3 is 5.82 Å². The lowest BCUT2D eigenvalue weighted by atomic mass is 9.85. The molecule has 3 aromatic rings. The molecule has 4 rings (SSSR count). The number of hydrogen-bond donors (Lipinski definition) is 3. The number of furan rings is 1. The number of amides is 1. The Bertz CT molecular complexity index is 1140. The maximum atomic E-state index is 12.8. The summed E-state index contributed by atoms with van der Waals surface area (Å²) in [7, 11) is 0. The number of phenolic OH excluding ortho intramolecular Hbond substituents is 1. The highest BCUT2D eigenvalue weighted by Gasteiger charge is 2.33. The first-order chi connectivity index (χ1) is 15.6. The number of anilines is 3. The molecule has 3 heterocycles. The molecule has 0 radical (unpaired) electrons. The first-order valence-electron chi connectivity index (χ1n) is 11.0. The minimum atomic E-state index is -0.325. The lowest BCUT2D eigenvalue weighted by Gasteiger charge is -2.29. The van der Waals surface area contributed by atoms with E-state index >= 15 is 0 Å². The maximum Gasteiger partial charge on any atom is 0.324 e. The molecule has 2 aromatic heterocycles. The van der Waals surface area contributed by atoms with Crippen molar-refractivity contribution < 1.29 is 23.9 Å². The Labute approximate surface area is 191 Å². The van der Waals surface area contributed by atoms with Gasteiger partial charge in [-0.25, -0.2) is 0 Å². The zero-order valence-electron chi connectivity index (χ0n) is 19.2. The van der Waals surface area contributed by atoms with E-state index in [2.05, 4.69) is 15.8 Å². The van der Waals surface area contributed by atoms with E-state index in [4.69, 9.17) is 9.05 Å². The molecule has 0 unspecified atom stereocenters. The summed E-state index contributed by atoms with van der Waals surface area (Å²) >= 11 is 0. The van der Waals surface area contributed by atoms with Crippen molar-refractivity contribution in [1.82, 2.24) is 10.1 Å². The summed E-state index contributed by atoms with van der Waals surface area (Å²) < 4.78 is 10.6. The number of carbonyl (C=O) groups excluding carboxylic acids is 1. The van der Waals surface area contributed by atoms with Crippen LogP contribution in [-0.2, 0) is 0 Å². The van der Waals surface area contributed by atoms with Crippen LogP contribution in [0.2, 0.25) is 0 Å². The molecule has 10 nitrogen and oxygen atoms in total. The Hall–Kier alpha value is -3.69. The van der Waals surface area contributed by atoms with Gasteiger partial charge in [0.1, 0.15) is 17.2 Å². The van der Waals surface area contributed by atoms with E-state index in [9.17, 15) is 15.1 Å². The predicted octanol–water partition coefficient (Wildman–Crippen LogP) is 4.09. The van der Waals surface area contributed by atoms with Crippen LogP contribution in [0.25, 0.3) is 0 Å². The average Bonchev–Trinajstić information content (AvgIpc) is 3.50. The van der Waals surface area contributed by atoms with Gasteiger partial charge in [0.15, 0.2) is 5.75 Å². The number of hydrogen-bond acceptors (Lipinski definition) is 8. The second-order valence-corrected chi connectivity index (χ2v) is 9.35. The second-order valence-electron chi connectivity index (χ2n) is 9.35. The summed E-state index contributed by atoms with van der Waals surface area (Å²) in [6.45, 7) is 9.27. The van der Waals surface area contributed by atoms with Crippen molar-refractivity contribution in [3.8, 4) is 5.75 Å². The van der Waals surface area contributed by atoms with Crippen molar-refractivity contribution in [3.63, 3.8) is 0 Å². The van der Waals surface area contributed by atoms with Crippen LogP contribution in [0.1, 0.15) is 61.5 Å². The molecule has 1 amide bonds. The number of nitrogens with one attached hydrogen (secondary N) is 2. The summed E-state index contributed by atoms with van der Waals surface area (Å²) in [5.41, 5.74) is 0.0688. The molecule has 0 bridgehead atoms. The van der Waals surface area contributed by atoms with Crippen LogP contribution in [0.5, 0.6) is 5.75 Å². The highest BCUT2D eigenvalue weighted by molar-refractivity contribution is 5.99. The molecule has 176 valence electrons. The predicted molar refractivity (Wildman–Crippen MR) is 121 cm³/mol. The van der Waals surface area contributed by atoms with E-state index in [1.165, 1.54) is 0 Å². The molecule has 1 fully saturated rings. The van der Waals surface area contributed by atoms with E-state index in [-0.39, 0.29) is 50.9 Å². The van der Waals surface area contributed by atoms with Crippen LogP contribution in [0.4, 0.5) is 17.3 Å². The van der Waals surface area contributed by atoms with Crippen LogP contribution < -0.4 is 15.5 Å². The highest BCUT2D eigenvalue weighted by Crippen LogP contribution is 2.38. The summed E-state index contributed by atoms with van der Waals surface area (Å²) in [4.78, 5) is 14.7. The first kappa shape index (κ1) is 22.5. The summed E-state index contributed by atoms with van der Waals surface area (Å²) in [5, 5.41) is 33.1. The van der Waals surface area contributed by atoms with Crippen LogP contribution >= 0.6 is 0 Å². The normalized spacial score (nSPS) is 15.0. The van der Waals surface area contributed by atoms with Crippen LogP contribution in [0.3, 0.4) is 0 Å². The lowest BCUT2D eigenvalue weighted by Crippen LogP contribution is -2.29. The fraction of sp³-hybridized carbons (Fsp3) is 0.435. The molecule has 33 heavy (non-hydrogen) atoms. The largest absolute Gasteiger partial charge is 0.504 e. The second kappa shape index (κ2) is 8.68. The molecule has 0 aliphatic carbocycles. The van der Waals surface area contributed by atoms with E-state index in [1.54, 1.807) is 23.1 Å². The van der Waals surface area contributed by atoms with E-state index < -0.39 is 0 Å². The standard InChI is InChI=1S/C23H29N5O5/c1-14-10-11-17(32-14)19(23(2,3)4)25-20-21(28(31)33-26-20)24-16-9-7-8-15(18(16)29)22(30)27-12-5-6-13-27/h7-11,19,24,29H,5-6,12-13H2,1-4H3,(H,25,26)/t19-/m0/s1. The van der Waals surface area contributed by atoms with Crippen molar-refractivity contribution in [1.29, 1.82) is 0 Å². The van der Waals surface area contributed by atoms with Gasteiger partial charge in [0.25, 0.3) is 11.7 Å². The minimum absolute atomic E-state index is 0.0476. The van der Waals surface area contributed by atoms with Gasteiger partial charge in [0, 0.05) is 13.1 Å². The summed E-state index contributed by atoms with van der Waals surface area (Å²) in [6, 6.07) is 8.19. The van der Waals surface area contributed by atoms with Gasteiger partial charge in [-0.15, -0.1) is 0 Å². The Balaban J connectivity index is 1.62. The van der Waals surface area contributed by atoms with Gasteiger partial charge in [0.05, 0.1) is 11.6 Å². The third-order valence-electron chi connectivity index (χ3n) is 5.72. The number of aromatic nitrogens is 2. The average molecular weight is 456 g/mol. The molecule has 1 aliphatic heterocycles. The van der Waals surface area contributed by atoms with Crippen molar-refractivity contribution in [3.05, 3.63) is 52.6 Å². The van der Waals surface area contributed by atoms with Gasteiger partial charge in [-0.05, 0) is 54.6 Å². The molecule has 3 N–H and O–H groups in total. The molecule has 1 atom stereocenters. The van der Waals surface area contributed by atoms with Crippen LogP contribution in [0.15, 0.2) is 39.4 Å². The Morgan fingerprint density at radius 1 is 1.24 bits per heavy atom. The minimum Gasteiger partial charge on any atom is -0.504 e. The topological polar surface area (TPSA) is 131 Å². The molecule has 1 aromatic carbocycles. The quantitative estimate of drug-likeness (QED) is 0.374.